The summed E-state index contributed by atoms with van der Waals surface area (Å²) in [6.07, 6.45) is 1.18. The molecule has 0 spiro atoms. The molecular weight excluding hydrogens is 184 g/mol. The minimum Gasteiger partial charge on any atom is -0.354 e. The Morgan fingerprint density at radius 2 is 2.00 bits per heavy atom. The van der Waals surface area contributed by atoms with Gasteiger partial charge >= 0.3 is 0 Å². The van der Waals surface area contributed by atoms with Crippen LogP contribution in [0.2, 0.25) is 0 Å². The van der Waals surface area contributed by atoms with Gasteiger partial charge in [-0.15, -0.1) is 0 Å². The summed E-state index contributed by atoms with van der Waals surface area (Å²) in [7, 11) is 3.04. The maximum absolute atomic E-state index is 11.3. The zero-order valence-corrected chi connectivity index (χ0v) is 9.08. The average Bonchev–Trinajstić information content (AvgIpc) is 2.19. The lowest BCUT2D eigenvalue weighted by molar-refractivity contribution is -0.128. The van der Waals surface area contributed by atoms with Crippen molar-refractivity contribution in [2.75, 3.05) is 20.8 Å². The molecule has 14 heavy (non-hydrogen) atoms. The summed E-state index contributed by atoms with van der Waals surface area (Å²) in [6, 6.07) is -0.436. The van der Waals surface area contributed by atoms with Gasteiger partial charge in [0.05, 0.1) is 12.6 Å². The molecule has 0 aromatic carbocycles. The molecule has 3 N–H and O–H groups in total. The number of carbonyl (C=O) groups excluding carboxylic acids is 1. The maximum atomic E-state index is 11.3. The highest BCUT2D eigenvalue weighted by molar-refractivity contribution is 5.81. The zero-order chi connectivity index (χ0) is 11.0. The summed E-state index contributed by atoms with van der Waals surface area (Å²) in [5, 5.41) is 2.66. The van der Waals surface area contributed by atoms with Gasteiger partial charge in [0, 0.05) is 14.2 Å². The fraction of sp³-hybridized carbons (Fsp3) is 0.889. The van der Waals surface area contributed by atoms with E-state index in [1.807, 2.05) is 6.92 Å². The Bertz CT molecular complexity index is 160. The number of nitrogens with two attached hydrogens (primary N) is 1. The summed E-state index contributed by atoms with van der Waals surface area (Å²) in [6.45, 7) is 2.31. The molecule has 0 aromatic rings. The largest absolute Gasteiger partial charge is 0.354 e. The summed E-state index contributed by atoms with van der Waals surface area (Å²) in [4.78, 5) is 11.3. The van der Waals surface area contributed by atoms with Crippen molar-refractivity contribution in [1.82, 2.24) is 5.32 Å². The van der Waals surface area contributed by atoms with Crippen LogP contribution in [0, 0.1) is 0 Å². The van der Waals surface area contributed by atoms with Crippen molar-refractivity contribution in [3.05, 3.63) is 0 Å². The highest BCUT2D eigenvalue weighted by Crippen LogP contribution is 1.94. The number of hydrogen-bond acceptors (Lipinski definition) is 4. The highest BCUT2D eigenvalue weighted by atomic mass is 16.7. The lowest BCUT2D eigenvalue weighted by atomic mass is 10.2. The third-order valence-corrected chi connectivity index (χ3v) is 1.91. The van der Waals surface area contributed by atoms with Crippen LogP contribution in [0.15, 0.2) is 0 Å². The van der Waals surface area contributed by atoms with Crippen LogP contribution in [0.4, 0.5) is 0 Å². The smallest absolute Gasteiger partial charge is 0.237 e. The van der Waals surface area contributed by atoms with Crippen molar-refractivity contribution in [3.63, 3.8) is 0 Å². The molecule has 0 saturated heterocycles. The van der Waals surface area contributed by atoms with Gasteiger partial charge in [-0.1, -0.05) is 13.3 Å². The predicted octanol–water partition coefficient (Wildman–Crippen LogP) is -0.151. The van der Waals surface area contributed by atoms with Gasteiger partial charge in [0.15, 0.2) is 6.29 Å². The van der Waals surface area contributed by atoms with Crippen molar-refractivity contribution in [3.8, 4) is 0 Å². The molecule has 5 nitrogen and oxygen atoms in total. The van der Waals surface area contributed by atoms with Crippen LogP contribution in [0.3, 0.4) is 0 Å². The second kappa shape index (κ2) is 7.73. The molecule has 0 bridgehead atoms. The SMILES string of the molecule is CCCC(N)C(=O)NCC(OC)OC. The third-order valence-electron chi connectivity index (χ3n) is 1.91. The van der Waals surface area contributed by atoms with Gasteiger partial charge in [-0.05, 0) is 6.42 Å². The number of hydrogen-bond donors (Lipinski definition) is 2. The zero-order valence-electron chi connectivity index (χ0n) is 9.08. The fourth-order valence-corrected chi connectivity index (χ4v) is 1.02. The second-order valence-corrected chi connectivity index (χ2v) is 3.04. The first-order valence-corrected chi connectivity index (χ1v) is 4.74. The number of carbonyl (C=O) groups is 1. The van der Waals surface area contributed by atoms with Crippen LogP contribution in [0.1, 0.15) is 19.8 Å². The second-order valence-electron chi connectivity index (χ2n) is 3.04. The number of ether oxygens (including phenoxy) is 2. The quantitative estimate of drug-likeness (QED) is 0.566. The summed E-state index contributed by atoms with van der Waals surface area (Å²) in [5.74, 6) is -0.161. The molecule has 0 aliphatic carbocycles. The van der Waals surface area contributed by atoms with E-state index >= 15 is 0 Å². The summed E-state index contributed by atoms with van der Waals surface area (Å²) < 4.78 is 9.82. The van der Waals surface area contributed by atoms with Crippen molar-refractivity contribution in [2.24, 2.45) is 5.73 Å². The molecule has 84 valence electrons. The van der Waals surface area contributed by atoms with Crippen LogP contribution < -0.4 is 11.1 Å². The molecule has 0 aliphatic heterocycles. The lowest BCUT2D eigenvalue weighted by Gasteiger charge is -2.16. The van der Waals surface area contributed by atoms with Crippen LogP contribution in [-0.4, -0.2) is 39.0 Å². The molecule has 0 fully saturated rings. The molecule has 1 unspecified atom stereocenters. The molecule has 0 aromatic heterocycles. The topological polar surface area (TPSA) is 73.6 Å². The molecular formula is C9H20N2O3. The molecule has 1 atom stereocenters. The summed E-state index contributed by atoms with van der Waals surface area (Å²) >= 11 is 0. The average molecular weight is 204 g/mol. The molecule has 1 amide bonds. The van der Waals surface area contributed by atoms with Crippen molar-refractivity contribution in [2.45, 2.75) is 32.1 Å². The van der Waals surface area contributed by atoms with E-state index in [1.54, 1.807) is 0 Å². The molecule has 0 heterocycles. The van der Waals surface area contributed by atoms with Crippen LogP contribution >= 0.6 is 0 Å². The molecule has 0 rings (SSSR count). The van der Waals surface area contributed by atoms with E-state index in [1.165, 1.54) is 14.2 Å². The number of rotatable bonds is 7. The first-order valence-electron chi connectivity index (χ1n) is 4.74. The highest BCUT2D eigenvalue weighted by Gasteiger charge is 2.13. The maximum Gasteiger partial charge on any atom is 0.237 e. The minimum atomic E-state index is -0.436. The van der Waals surface area contributed by atoms with Crippen LogP contribution in [-0.2, 0) is 14.3 Å². The van der Waals surface area contributed by atoms with E-state index in [9.17, 15) is 4.79 Å². The van der Waals surface area contributed by atoms with Crippen molar-refractivity contribution >= 4 is 5.91 Å². The summed E-state index contributed by atoms with van der Waals surface area (Å²) in [5.41, 5.74) is 5.60. The number of nitrogens with one attached hydrogen (secondary N) is 1. The van der Waals surface area contributed by atoms with Gasteiger partial charge in [-0.25, -0.2) is 0 Å². The van der Waals surface area contributed by atoms with Crippen molar-refractivity contribution in [1.29, 1.82) is 0 Å². The first kappa shape index (κ1) is 13.4. The Hall–Kier alpha value is -0.650. The Morgan fingerprint density at radius 1 is 1.43 bits per heavy atom. The first-order chi connectivity index (χ1) is 6.65. The van der Waals surface area contributed by atoms with Gasteiger partial charge < -0.3 is 20.5 Å². The fourth-order valence-electron chi connectivity index (χ4n) is 1.02. The van der Waals surface area contributed by atoms with E-state index in [0.717, 1.165) is 6.42 Å². The molecule has 5 heteroatoms. The van der Waals surface area contributed by atoms with E-state index in [4.69, 9.17) is 15.2 Å². The number of amides is 1. The molecule has 0 saturated carbocycles. The Kier molecular flexibility index (Phi) is 7.37. The third kappa shape index (κ3) is 5.16. The van der Waals surface area contributed by atoms with E-state index < -0.39 is 12.3 Å². The van der Waals surface area contributed by atoms with Crippen LogP contribution in [0.5, 0.6) is 0 Å². The Labute approximate surface area is 84.9 Å². The van der Waals surface area contributed by atoms with Crippen LogP contribution in [0.25, 0.3) is 0 Å². The molecule has 0 radical (unpaired) electrons. The van der Waals surface area contributed by atoms with Gasteiger partial charge in [-0.3, -0.25) is 4.79 Å². The standard InChI is InChI=1S/C9H20N2O3/c1-4-5-7(10)9(12)11-6-8(13-2)14-3/h7-8H,4-6,10H2,1-3H3,(H,11,12). The van der Waals surface area contributed by atoms with E-state index in [0.29, 0.717) is 13.0 Å². The van der Waals surface area contributed by atoms with E-state index in [2.05, 4.69) is 5.32 Å². The molecule has 0 aliphatic rings. The van der Waals surface area contributed by atoms with E-state index in [-0.39, 0.29) is 5.91 Å². The lowest BCUT2D eigenvalue weighted by Crippen LogP contribution is -2.44. The Balaban J connectivity index is 3.71. The van der Waals surface area contributed by atoms with Crippen molar-refractivity contribution < 1.29 is 14.3 Å². The normalized spacial score (nSPS) is 12.9. The van der Waals surface area contributed by atoms with Gasteiger partial charge in [-0.2, -0.15) is 0 Å². The number of methoxy groups -OCH3 is 2. The van der Waals surface area contributed by atoms with Gasteiger partial charge in [0.2, 0.25) is 5.91 Å². The van der Waals surface area contributed by atoms with Gasteiger partial charge in [0.25, 0.3) is 0 Å². The van der Waals surface area contributed by atoms with Gasteiger partial charge in [0.1, 0.15) is 0 Å². The monoisotopic (exact) mass is 204 g/mol. The Morgan fingerprint density at radius 3 is 2.43 bits per heavy atom. The predicted molar refractivity (Wildman–Crippen MR) is 53.7 cm³/mol. The minimum absolute atomic E-state index is 0.161.